The van der Waals surface area contributed by atoms with Crippen LogP contribution in [0.4, 0.5) is 0 Å². The summed E-state index contributed by atoms with van der Waals surface area (Å²) in [5.41, 5.74) is 1.28. The summed E-state index contributed by atoms with van der Waals surface area (Å²) in [6, 6.07) is 10.5. The van der Waals surface area contributed by atoms with Gasteiger partial charge in [0.15, 0.2) is 0 Å². The van der Waals surface area contributed by atoms with E-state index in [1.54, 1.807) is 11.3 Å². The molecule has 1 N–H and O–H groups in total. The minimum absolute atomic E-state index is 0.228. The number of thiophene rings is 1. The molecule has 3 rings (SSSR count). The molecule has 2 nitrogen and oxygen atoms in total. The van der Waals surface area contributed by atoms with Crippen molar-refractivity contribution in [2.24, 2.45) is 0 Å². The Bertz CT molecular complexity index is 583. The summed E-state index contributed by atoms with van der Waals surface area (Å²) in [5.74, 6) is 1.34. The molecule has 20 heavy (non-hydrogen) atoms. The molecule has 2 unspecified atom stereocenters. The maximum atomic E-state index is 6.35. The topological polar surface area (TPSA) is 21.3 Å². The van der Waals surface area contributed by atoms with Crippen LogP contribution in [0.1, 0.15) is 35.7 Å². The zero-order valence-corrected chi connectivity index (χ0v) is 13.0. The first-order chi connectivity index (χ1) is 9.81. The van der Waals surface area contributed by atoms with Crippen LogP contribution in [-0.2, 0) is 0 Å². The number of rotatable bonds is 5. The second-order valence-electron chi connectivity index (χ2n) is 5.02. The number of para-hydroxylation sites is 1. The quantitative estimate of drug-likeness (QED) is 0.870. The van der Waals surface area contributed by atoms with E-state index in [9.17, 15) is 0 Å². The monoisotopic (exact) mass is 307 g/mol. The Labute approximate surface area is 128 Å². The minimum atomic E-state index is 0.228. The summed E-state index contributed by atoms with van der Waals surface area (Å²) in [6.07, 6.45) is 1.11. The smallest absolute Gasteiger partial charge is 0.122 e. The number of benzene rings is 1. The highest BCUT2D eigenvalue weighted by molar-refractivity contribution is 7.10. The molecule has 0 saturated heterocycles. The van der Waals surface area contributed by atoms with Gasteiger partial charge in [-0.25, -0.2) is 0 Å². The molecule has 106 valence electrons. The van der Waals surface area contributed by atoms with Gasteiger partial charge >= 0.3 is 0 Å². The van der Waals surface area contributed by atoms with Crippen LogP contribution in [0.25, 0.3) is 0 Å². The van der Waals surface area contributed by atoms with Crippen molar-refractivity contribution >= 4 is 22.9 Å². The maximum Gasteiger partial charge on any atom is 0.122 e. The van der Waals surface area contributed by atoms with Gasteiger partial charge in [-0.2, -0.15) is 0 Å². The van der Waals surface area contributed by atoms with Gasteiger partial charge in [0, 0.05) is 16.4 Å². The lowest BCUT2D eigenvalue weighted by Crippen LogP contribution is -2.28. The number of ether oxygens (including phenoxy) is 1. The van der Waals surface area contributed by atoms with Crippen LogP contribution in [0.5, 0.6) is 5.75 Å². The predicted molar refractivity (Wildman–Crippen MR) is 85.0 cm³/mol. The second kappa shape index (κ2) is 6.17. The van der Waals surface area contributed by atoms with Crippen LogP contribution in [0.15, 0.2) is 35.7 Å². The Morgan fingerprint density at radius 2 is 2.25 bits per heavy atom. The lowest BCUT2D eigenvalue weighted by atomic mass is 9.92. The van der Waals surface area contributed by atoms with E-state index in [1.807, 2.05) is 18.2 Å². The summed E-state index contributed by atoms with van der Waals surface area (Å²) in [6.45, 7) is 3.88. The third-order valence-corrected chi connectivity index (χ3v) is 5.12. The van der Waals surface area contributed by atoms with Crippen molar-refractivity contribution in [2.75, 3.05) is 13.2 Å². The first kappa shape index (κ1) is 13.9. The molecule has 0 spiro atoms. The lowest BCUT2D eigenvalue weighted by Gasteiger charge is -2.23. The number of fused-ring (bicyclic) bond motifs is 1. The Morgan fingerprint density at radius 3 is 3.00 bits per heavy atom. The molecule has 0 saturated carbocycles. The zero-order valence-electron chi connectivity index (χ0n) is 11.4. The van der Waals surface area contributed by atoms with Gasteiger partial charge in [-0.3, -0.25) is 0 Å². The van der Waals surface area contributed by atoms with E-state index < -0.39 is 0 Å². The van der Waals surface area contributed by atoms with Crippen molar-refractivity contribution in [2.45, 2.75) is 25.3 Å². The van der Waals surface area contributed by atoms with E-state index in [1.165, 1.54) is 10.4 Å². The maximum absolute atomic E-state index is 6.35. The van der Waals surface area contributed by atoms with Gasteiger partial charge in [0.2, 0.25) is 0 Å². The van der Waals surface area contributed by atoms with Crippen LogP contribution in [0.2, 0.25) is 5.02 Å². The Kier molecular flexibility index (Phi) is 4.29. The van der Waals surface area contributed by atoms with Crippen LogP contribution in [-0.4, -0.2) is 13.2 Å². The number of hydrogen-bond donors (Lipinski definition) is 1. The Morgan fingerprint density at radius 1 is 1.40 bits per heavy atom. The fraction of sp³-hybridized carbons (Fsp3) is 0.375. The standard InChI is InChI=1S/C16H18ClNOS/c1-2-8-18-15(16-13(17)7-9-20-16)12-10-19-14-6-4-3-5-11(12)14/h3-7,9,12,15,18H,2,8,10H2,1H3. The van der Waals surface area contributed by atoms with Gasteiger partial charge in [0.25, 0.3) is 0 Å². The van der Waals surface area contributed by atoms with Gasteiger partial charge in [0.1, 0.15) is 5.75 Å². The summed E-state index contributed by atoms with van der Waals surface area (Å²) in [5, 5.41) is 6.55. The summed E-state index contributed by atoms with van der Waals surface area (Å²) in [4.78, 5) is 1.21. The number of nitrogens with one attached hydrogen (secondary N) is 1. The van der Waals surface area contributed by atoms with Crippen molar-refractivity contribution in [1.82, 2.24) is 5.32 Å². The Hall–Kier alpha value is -1.03. The van der Waals surface area contributed by atoms with Crippen LogP contribution in [0, 0.1) is 0 Å². The van der Waals surface area contributed by atoms with Gasteiger partial charge in [-0.1, -0.05) is 36.7 Å². The summed E-state index contributed by atoms with van der Waals surface area (Å²) >= 11 is 8.07. The van der Waals surface area contributed by atoms with E-state index in [4.69, 9.17) is 16.3 Å². The highest BCUT2D eigenvalue weighted by Crippen LogP contribution is 2.44. The highest BCUT2D eigenvalue weighted by Gasteiger charge is 2.33. The first-order valence-corrected chi connectivity index (χ1v) is 8.25. The second-order valence-corrected chi connectivity index (χ2v) is 6.37. The van der Waals surface area contributed by atoms with E-state index >= 15 is 0 Å². The molecule has 2 aromatic rings. The third-order valence-electron chi connectivity index (χ3n) is 3.68. The van der Waals surface area contributed by atoms with Gasteiger partial charge < -0.3 is 10.1 Å². The van der Waals surface area contributed by atoms with Crippen molar-refractivity contribution in [1.29, 1.82) is 0 Å². The normalized spacial score (nSPS) is 18.6. The Balaban J connectivity index is 1.93. The van der Waals surface area contributed by atoms with Crippen molar-refractivity contribution in [3.63, 3.8) is 0 Å². The van der Waals surface area contributed by atoms with Gasteiger partial charge in [-0.05, 0) is 30.5 Å². The van der Waals surface area contributed by atoms with E-state index in [-0.39, 0.29) is 6.04 Å². The van der Waals surface area contributed by atoms with Gasteiger partial charge in [-0.15, -0.1) is 11.3 Å². The molecule has 2 heterocycles. The van der Waals surface area contributed by atoms with Crippen LogP contribution >= 0.6 is 22.9 Å². The summed E-state index contributed by atoms with van der Waals surface area (Å²) in [7, 11) is 0. The molecule has 1 aliphatic heterocycles. The molecule has 4 heteroatoms. The SMILES string of the molecule is CCCNC(c1sccc1Cl)C1COc2ccccc21. The van der Waals surface area contributed by atoms with Crippen molar-refractivity contribution in [3.05, 3.63) is 51.2 Å². The molecule has 0 bridgehead atoms. The predicted octanol–water partition coefficient (Wildman–Crippen LogP) is 4.62. The average molecular weight is 308 g/mol. The fourth-order valence-electron chi connectivity index (χ4n) is 2.71. The van der Waals surface area contributed by atoms with E-state index in [0.29, 0.717) is 5.92 Å². The zero-order chi connectivity index (χ0) is 13.9. The fourth-order valence-corrected chi connectivity index (χ4v) is 4.02. The third kappa shape index (κ3) is 2.58. The molecule has 1 aromatic carbocycles. The van der Waals surface area contributed by atoms with Crippen LogP contribution < -0.4 is 10.1 Å². The lowest BCUT2D eigenvalue weighted by molar-refractivity contribution is 0.301. The molecular weight excluding hydrogens is 290 g/mol. The van der Waals surface area contributed by atoms with Crippen LogP contribution in [0.3, 0.4) is 0 Å². The highest BCUT2D eigenvalue weighted by atomic mass is 35.5. The van der Waals surface area contributed by atoms with Crippen molar-refractivity contribution < 1.29 is 4.74 Å². The largest absolute Gasteiger partial charge is 0.493 e. The minimum Gasteiger partial charge on any atom is -0.493 e. The summed E-state index contributed by atoms with van der Waals surface area (Å²) < 4.78 is 5.83. The first-order valence-electron chi connectivity index (χ1n) is 6.99. The number of halogens is 1. The molecule has 0 radical (unpaired) electrons. The molecule has 1 aliphatic rings. The van der Waals surface area contributed by atoms with Crippen molar-refractivity contribution in [3.8, 4) is 5.75 Å². The van der Waals surface area contributed by atoms with E-state index in [2.05, 4.69) is 29.8 Å². The molecule has 0 aliphatic carbocycles. The number of hydrogen-bond acceptors (Lipinski definition) is 3. The van der Waals surface area contributed by atoms with Gasteiger partial charge in [0.05, 0.1) is 17.7 Å². The molecule has 1 aromatic heterocycles. The molecule has 2 atom stereocenters. The molecule has 0 amide bonds. The van der Waals surface area contributed by atoms with E-state index in [0.717, 1.165) is 30.3 Å². The molecular formula is C16H18ClNOS. The molecule has 0 fully saturated rings. The average Bonchev–Trinajstić information content (AvgIpc) is 3.07.